The summed E-state index contributed by atoms with van der Waals surface area (Å²) in [6, 6.07) is 9.02. The van der Waals surface area contributed by atoms with E-state index in [1.807, 2.05) is 18.2 Å². The molecule has 0 saturated heterocycles. The second-order valence-electron chi connectivity index (χ2n) is 3.00. The number of nitrogens with zero attached hydrogens (tertiary/aromatic N) is 2. The highest BCUT2D eigenvalue weighted by Crippen LogP contribution is 2.23. The zero-order valence-corrected chi connectivity index (χ0v) is 9.76. The topological polar surface area (TPSA) is 49.8 Å². The number of thioether (sulfide) groups is 1. The summed E-state index contributed by atoms with van der Waals surface area (Å²) in [7, 11) is 0. The molecule has 2 rings (SSSR count). The molecule has 0 fully saturated rings. The summed E-state index contributed by atoms with van der Waals surface area (Å²) in [6.45, 7) is 0. The molecule has 0 aliphatic heterocycles. The largest absolute Gasteiger partial charge is 0.468 e. The van der Waals surface area contributed by atoms with Crippen molar-refractivity contribution in [2.75, 3.05) is 0 Å². The zero-order valence-electron chi connectivity index (χ0n) is 8.18. The molecular formula is C11H7ClN2OS. The molecule has 0 spiro atoms. The second kappa shape index (κ2) is 5.06. The third kappa shape index (κ3) is 2.78. The molecule has 3 nitrogen and oxygen atoms in total. The summed E-state index contributed by atoms with van der Waals surface area (Å²) < 4.78 is 5.20. The molecule has 5 heteroatoms. The molecule has 2 aromatic rings. The molecule has 0 radical (unpaired) electrons. The maximum atomic E-state index is 8.77. The molecule has 0 bridgehead atoms. The smallest absolute Gasteiger partial charge is 0.131 e. The van der Waals surface area contributed by atoms with Gasteiger partial charge in [-0.3, -0.25) is 0 Å². The molecule has 0 aliphatic rings. The first-order chi connectivity index (χ1) is 7.78. The second-order valence-corrected chi connectivity index (χ2v) is 4.38. The van der Waals surface area contributed by atoms with E-state index in [9.17, 15) is 0 Å². The number of furan rings is 1. The molecule has 2 aromatic heterocycles. The molecular weight excluding hydrogens is 244 g/mol. The number of halogens is 1. The van der Waals surface area contributed by atoms with Crippen molar-refractivity contribution in [3.63, 3.8) is 0 Å². The fourth-order valence-electron chi connectivity index (χ4n) is 1.15. The SMILES string of the molecule is N#Cc1cc(Cl)nc(SCc2ccco2)c1. The van der Waals surface area contributed by atoms with Gasteiger partial charge in [0.15, 0.2) is 0 Å². The Kier molecular flexibility index (Phi) is 3.50. The lowest BCUT2D eigenvalue weighted by molar-refractivity contribution is 0.530. The van der Waals surface area contributed by atoms with Crippen molar-refractivity contribution in [1.82, 2.24) is 4.98 Å². The number of nitriles is 1. The van der Waals surface area contributed by atoms with Gasteiger partial charge in [0, 0.05) is 0 Å². The van der Waals surface area contributed by atoms with Gasteiger partial charge in [0.25, 0.3) is 0 Å². The van der Waals surface area contributed by atoms with Crippen molar-refractivity contribution in [2.45, 2.75) is 10.8 Å². The molecule has 0 aliphatic carbocycles. The lowest BCUT2D eigenvalue weighted by atomic mass is 10.3. The minimum absolute atomic E-state index is 0.334. The van der Waals surface area contributed by atoms with E-state index in [1.54, 1.807) is 18.4 Å². The summed E-state index contributed by atoms with van der Waals surface area (Å²) >= 11 is 7.27. The van der Waals surface area contributed by atoms with Crippen LogP contribution in [0.3, 0.4) is 0 Å². The van der Waals surface area contributed by atoms with E-state index in [0.717, 1.165) is 10.8 Å². The van der Waals surface area contributed by atoms with Crippen LogP contribution in [0.5, 0.6) is 0 Å². The Morgan fingerprint density at radius 2 is 2.38 bits per heavy atom. The number of hydrogen-bond acceptors (Lipinski definition) is 4. The molecule has 0 unspecified atom stereocenters. The van der Waals surface area contributed by atoms with Crippen LogP contribution in [-0.4, -0.2) is 4.98 Å². The van der Waals surface area contributed by atoms with E-state index in [-0.39, 0.29) is 0 Å². The Balaban J connectivity index is 2.10. The van der Waals surface area contributed by atoms with Gasteiger partial charge in [-0.25, -0.2) is 4.98 Å². The van der Waals surface area contributed by atoms with Crippen molar-refractivity contribution < 1.29 is 4.42 Å². The van der Waals surface area contributed by atoms with Gasteiger partial charge in [0.05, 0.1) is 28.7 Å². The molecule has 0 amide bonds. The molecule has 0 atom stereocenters. The Hall–Kier alpha value is -1.44. The Morgan fingerprint density at radius 1 is 1.50 bits per heavy atom. The van der Waals surface area contributed by atoms with Gasteiger partial charge < -0.3 is 4.42 Å². The van der Waals surface area contributed by atoms with E-state index < -0.39 is 0 Å². The molecule has 2 heterocycles. The third-order valence-electron chi connectivity index (χ3n) is 1.84. The van der Waals surface area contributed by atoms with Crippen LogP contribution in [0.15, 0.2) is 40.0 Å². The summed E-state index contributed by atoms with van der Waals surface area (Å²) in [6.07, 6.45) is 1.63. The van der Waals surface area contributed by atoms with Gasteiger partial charge in [-0.15, -0.1) is 0 Å². The van der Waals surface area contributed by atoms with Crippen molar-refractivity contribution in [1.29, 1.82) is 5.26 Å². The predicted molar refractivity (Wildman–Crippen MR) is 62.2 cm³/mol. The van der Waals surface area contributed by atoms with Crippen LogP contribution in [0.4, 0.5) is 0 Å². The number of aromatic nitrogens is 1. The van der Waals surface area contributed by atoms with E-state index in [1.165, 1.54) is 11.8 Å². The first-order valence-electron chi connectivity index (χ1n) is 4.51. The van der Waals surface area contributed by atoms with Gasteiger partial charge in [0.1, 0.15) is 10.9 Å². The highest BCUT2D eigenvalue weighted by Gasteiger charge is 2.03. The van der Waals surface area contributed by atoms with Gasteiger partial charge in [-0.05, 0) is 24.3 Å². The summed E-state index contributed by atoms with van der Waals surface area (Å²) in [4.78, 5) is 4.12. The normalized spacial score (nSPS) is 10.0. The van der Waals surface area contributed by atoms with Crippen LogP contribution < -0.4 is 0 Å². The predicted octanol–water partition coefficient (Wildman–Crippen LogP) is 3.49. The lowest BCUT2D eigenvalue weighted by Gasteiger charge is -2.00. The Labute approximate surface area is 102 Å². The highest BCUT2D eigenvalue weighted by atomic mass is 35.5. The molecule has 0 saturated carbocycles. The minimum atomic E-state index is 0.334. The first-order valence-corrected chi connectivity index (χ1v) is 5.87. The van der Waals surface area contributed by atoms with E-state index >= 15 is 0 Å². The van der Waals surface area contributed by atoms with E-state index in [4.69, 9.17) is 21.3 Å². The summed E-state index contributed by atoms with van der Waals surface area (Å²) in [5.74, 6) is 1.54. The fourth-order valence-corrected chi connectivity index (χ4v) is 2.24. The van der Waals surface area contributed by atoms with Crippen LogP contribution in [0.1, 0.15) is 11.3 Å². The number of pyridine rings is 1. The molecule has 0 aromatic carbocycles. The van der Waals surface area contributed by atoms with E-state index in [0.29, 0.717) is 16.5 Å². The Morgan fingerprint density at radius 3 is 3.06 bits per heavy atom. The minimum Gasteiger partial charge on any atom is -0.468 e. The Bertz CT molecular complexity index is 519. The standard InChI is InChI=1S/C11H7ClN2OS/c12-10-4-8(6-13)5-11(14-10)16-7-9-2-1-3-15-9/h1-5H,7H2. The molecule has 0 N–H and O–H groups in total. The maximum absolute atomic E-state index is 8.77. The fraction of sp³-hybridized carbons (Fsp3) is 0.0909. The van der Waals surface area contributed by atoms with Gasteiger partial charge in [0.2, 0.25) is 0 Å². The van der Waals surface area contributed by atoms with Gasteiger partial charge in [-0.1, -0.05) is 23.4 Å². The lowest BCUT2D eigenvalue weighted by Crippen LogP contribution is -1.85. The summed E-state index contributed by atoms with van der Waals surface area (Å²) in [5.41, 5.74) is 0.516. The van der Waals surface area contributed by atoms with Crippen LogP contribution in [-0.2, 0) is 5.75 Å². The molecule has 16 heavy (non-hydrogen) atoms. The number of hydrogen-bond donors (Lipinski definition) is 0. The van der Waals surface area contributed by atoms with Crippen LogP contribution >= 0.6 is 23.4 Å². The van der Waals surface area contributed by atoms with Crippen LogP contribution in [0.2, 0.25) is 5.15 Å². The van der Waals surface area contributed by atoms with Crippen LogP contribution in [0, 0.1) is 11.3 Å². The van der Waals surface area contributed by atoms with Gasteiger partial charge >= 0.3 is 0 Å². The van der Waals surface area contributed by atoms with Gasteiger partial charge in [-0.2, -0.15) is 5.26 Å². The third-order valence-corrected chi connectivity index (χ3v) is 2.97. The van der Waals surface area contributed by atoms with Crippen molar-refractivity contribution in [3.05, 3.63) is 47.0 Å². The monoisotopic (exact) mass is 250 g/mol. The van der Waals surface area contributed by atoms with Crippen LogP contribution in [0.25, 0.3) is 0 Å². The zero-order chi connectivity index (χ0) is 11.4. The van der Waals surface area contributed by atoms with Crippen molar-refractivity contribution in [2.24, 2.45) is 0 Å². The van der Waals surface area contributed by atoms with Crippen molar-refractivity contribution in [3.8, 4) is 6.07 Å². The first kappa shape index (κ1) is 11.1. The van der Waals surface area contributed by atoms with E-state index in [2.05, 4.69) is 4.98 Å². The number of rotatable bonds is 3. The highest BCUT2D eigenvalue weighted by molar-refractivity contribution is 7.98. The maximum Gasteiger partial charge on any atom is 0.131 e. The summed E-state index contributed by atoms with van der Waals surface area (Å²) in [5, 5.41) is 9.83. The average Bonchev–Trinajstić information content (AvgIpc) is 2.78. The quantitative estimate of drug-likeness (QED) is 0.618. The molecule has 80 valence electrons. The average molecular weight is 251 g/mol. The van der Waals surface area contributed by atoms with Crippen molar-refractivity contribution >= 4 is 23.4 Å².